The Kier molecular flexibility index (Phi) is 25.2. The number of H-pyrrole nitrogens is 10. The number of aromatic nitrogens is 27. The Bertz CT molecular complexity index is 6840. The molecule has 0 unspecified atom stereocenters. The van der Waals surface area contributed by atoms with Crippen LogP contribution in [-0.2, 0) is 32.7 Å². The average Bonchev–Trinajstić information content (AvgIpc) is 1.66. The molecule has 0 atom stereocenters. The maximum absolute atomic E-state index is 6.37. The van der Waals surface area contributed by atoms with Crippen molar-refractivity contribution >= 4 is 77.7 Å². The van der Waals surface area contributed by atoms with E-state index in [0.29, 0.717) is 40.0 Å². The highest BCUT2D eigenvalue weighted by Gasteiger charge is 2.24. The summed E-state index contributed by atoms with van der Waals surface area (Å²) in [6.07, 6.45) is 18.7. The maximum Gasteiger partial charge on any atom is 0.181 e. The van der Waals surface area contributed by atoms with Crippen LogP contribution in [0.3, 0.4) is 0 Å². The van der Waals surface area contributed by atoms with Crippen LogP contribution in [0.15, 0.2) is 189 Å². The zero-order chi connectivity index (χ0) is 86.0. The summed E-state index contributed by atoms with van der Waals surface area (Å²) in [5.74, 6) is 8.53. The lowest BCUT2D eigenvalue weighted by Gasteiger charge is -2.20. The van der Waals surface area contributed by atoms with Gasteiger partial charge in [0, 0.05) is 113 Å². The maximum atomic E-state index is 6.37. The Morgan fingerprint density at radius 3 is 1.02 bits per heavy atom. The smallest absolute Gasteiger partial charge is 0.181 e. The third-order valence-corrected chi connectivity index (χ3v) is 23.1. The SMILES string of the molecule is CN(C)Cc1nc(-c2ccc3[nH]nc(-c4ccccc4Cl)c3c2)n[nH]1.CN(C)Cc1nc(-c2ccc3[nH]nc(-c4cccnc4)c3c2)n[nH]1.CN(C)Cc1nc(-c2ccc3n[nH]c(C4CCCCC4)c3c2)n[nH]1.Clc1ccccc1-c1n[nH]c2ccc(-c3n[nH]c(CN4CCCC4)n3)cc12.c1cncc(-c2n[nH]c3ccc(-c4n[nH]c(CN5CCCC5)n4)cc23)c1. The van der Waals surface area contributed by atoms with E-state index in [1.807, 2.05) is 192 Å². The molecule has 126 heavy (non-hydrogen) atoms. The summed E-state index contributed by atoms with van der Waals surface area (Å²) in [6, 6.07) is 53.9. The number of pyridine rings is 2. The van der Waals surface area contributed by atoms with Crippen LogP contribution in [-0.4, -0.2) is 230 Å². The van der Waals surface area contributed by atoms with Crippen molar-refractivity contribution < 1.29 is 0 Å². The molecule has 1 aliphatic carbocycles. The second-order valence-corrected chi connectivity index (χ2v) is 33.5. The summed E-state index contributed by atoms with van der Waals surface area (Å²) in [6.45, 7) is 8.42. The first-order valence-corrected chi connectivity index (χ1v) is 43.1. The first-order valence-electron chi connectivity index (χ1n) is 42.4. The predicted molar refractivity (Wildman–Crippen MR) is 492 cm³/mol. The Morgan fingerprint density at radius 1 is 0.317 bits per heavy atom. The number of nitrogens with one attached hydrogen (secondary N) is 10. The second-order valence-electron chi connectivity index (χ2n) is 32.7. The summed E-state index contributed by atoms with van der Waals surface area (Å²) in [5.41, 5.74) is 18.3. The highest BCUT2D eigenvalue weighted by atomic mass is 35.5. The zero-order valence-corrected chi connectivity index (χ0v) is 72.3. The van der Waals surface area contributed by atoms with Crippen molar-refractivity contribution in [3.05, 3.63) is 233 Å². The van der Waals surface area contributed by atoms with Crippen LogP contribution in [0.2, 0.25) is 10.0 Å². The summed E-state index contributed by atoms with van der Waals surface area (Å²) in [4.78, 5) is 42.5. The van der Waals surface area contributed by atoms with Gasteiger partial charge >= 0.3 is 0 Å². The first kappa shape index (κ1) is 83.2. The van der Waals surface area contributed by atoms with Crippen LogP contribution in [0, 0.1) is 0 Å². The van der Waals surface area contributed by atoms with E-state index in [2.05, 4.69) is 183 Å². The Balaban J connectivity index is 0.000000107. The third-order valence-electron chi connectivity index (χ3n) is 22.5. The molecule has 32 nitrogen and oxygen atoms in total. The van der Waals surface area contributed by atoms with Gasteiger partial charge in [-0.2, -0.15) is 51.0 Å². The molecule has 3 aliphatic rings. The highest BCUT2D eigenvalue weighted by molar-refractivity contribution is 6.34. The van der Waals surface area contributed by atoms with Crippen molar-refractivity contribution in [2.24, 2.45) is 0 Å². The van der Waals surface area contributed by atoms with Gasteiger partial charge in [0.1, 0.15) is 51.9 Å². The quantitative estimate of drug-likeness (QED) is 0.0339. The number of aromatic amines is 10. The summed E-state index contributed by atoms with van der Waals surface area (Å²) in [5, 5.41) is 81.5. The van der Waals surface area contributed by atoms with Crippen molar-refractivity contribution in [3.63, 3.8) is 0 Å². The van der Waals surface area contributed by atoms with Gasteiger partial charge in [0.25, 0.3) is 0 Å². The molecule has 0 bridgehead atoms. The normalized spacial score (nSPS) is 13.9. The molecule has 3 fully saturated rings. The van der Waals surface area contributed by atoms with E-state index in [0.717, 1.165) is 215 Å². The van der Waals surface area contributed by atoms with Gasteiger partial charge in [0.15, 0.2) is 29.1 Å². The molecule has 0 amide bonds. The molecule has 34 heteroatoms. The number of rotatable bonds is 20. The lowest BCUT2D eigenvalue weighted by Crippen LogP contribution is -2.19. The average molecular weight is 1720 g/mol. The summed E-state index contributed by atoms with van der Waals surface area (Å²) in [7, 11) is 12.0. The van der Waals surface area contributed by atoms with E-state index in [1.165, 1.54) is 68.9 Å². The number of halogens is 2. The lowest BCUT2D eigenvalue weighted by molar-refractivity contribution is 0.323. The molecule has 14 heterocycles. The number of benzene rings is 7. The van der Waals surface area contributed by atoms with E-state index in [-0.39, 0.29) is 0 Å². The lowest BCUT2D eigenvalue weighted by atomic mass is 9.85. The van der Waals surface area contributed by atoms with Gasteiger partial charge in [-0.05, 0) is 234 Å². The van der Waals surface area contributed by atoms with Gasteiger partial charge in [0.05, 0.1) is 70.4 Å². The molecular formula is C92H96Cl2N32. The van der Waals surface area contributed by atoms with Crippen LogP contribution in [0.5, 0.6) is 0 Å². The molecule has 2 saturated heterocycles. The zero-order valence-electron chi connectivity index (χ0n) is 70.8. The fourth-order valence-corrected chi connectivity index (χ4v) is 16.8. The van der Waals surface area contributed by atoms with Crippen LogP contribution in [0.25, 0.3) is 156 Å². The minimum atomic E-state index is 0.607. The van der Waals surface area contributed by atoms with Crippen molar-refractivity contribution in [2.45, 2.75) is 96.4 Å². The topological polar surface area (TPSA) is 393 Å². The monoisotopic (exact) mass is 1720 g/mol. The predicted octanol–water partition coefficient (Wildman–Crippen LogP) is 16.9. The second kappa shape index (κ2) is 38.2. The van der Waals surface area contributed by atoms with Crippen molar-refractivity contribution in [1.82, 2.24) is 161 Å². The summed E-state index contributed by atoms with van der Waals surface area (Å²) < 4.78 is 0. The van der Waals surface area contributed by atoms with Gasteiger partial charge in [-0.25, -0.2) is 24.9 Å². The molecule has 0 radical (unpaired) electrons. The van der Waals surface area contributed by atoms with Gasteiger partial charge in [-0.1, -0.05) is 78.9 Å². The van der Waals surface area contributed by atoms with E-state index < -0.39 is 0 Å². The Morgan fingerprint density at radius 2 is 0.659 bits per heavy atom. The molecule has 7 aromatic carbocycles. The molecule has 19 aromatic rings. The standard InChI is InChI=1S/C20H19ClN6.C19H19N7.C18H17ClN6.C18H24N6.C17H17N7/c21-16-6-2-1-5-14(16)19-15-11-13(7-8-17(15)23-25-19)20-22-18(24-26-20)12-27-9-3-4-10-27;1-2-9-26(8-1)12-17-21-19(25-23-17)13-5-6-16-15(10-13)18(24-22-16)14-4-3-7-20-11-14;1-25(2)10-16-20-18(24-22-16)11-7-8-15-13(9-11)17(23-21-15)12-5-3-4-6-14(12)19;1-24(2)11-16-19-18(23-21-16)13-8-9-15-14(10-13)17(22-20-15)12-6-4-3-5-7-12;1-24(2)10-15-19-17(23-21-15)11-5-6-14-13(8-11)16(22-20-14)12-4-3-7-18-9-12/h1-2,5-8,11H,3-4,9-10,12H2,(H,23,25)(H,22,24,26);3-7,10-11H,1-2,8-9,12H2,(H,22,24)(H,21,23,25);3-9H,10H2,1-2H3,(H,21,23)(H,20,22,24);8-10,12H,3-7,11H2,1-2H3,(H,20,22)(H,19,21,23);3-9H,10H2,1-2H3,(H,20,22)(H,19,21,23). The van der Waals surface area contributed by atoms with Crippen molar-refractivity contribution in [1.29, 1.82) is 0 Å². The van der Waals surface area contributed by atoms with E-state index in [9.17, 15) is 0 Å². The highest BCUT2D eigenvalue weighted by Crippen LogP contribution is 2.40. The first-order chi connectivity index (χ1) is 61.7. The molecule has 1 saturated carbocycles. The molecule has 10 N–H and O–H groups in total. The Hall–Kier alpha value is -13.7. The number of nitrogens with zero attached hydrogens (tertiary/aromatic N) is 22. The summed E-state index contributed by atoms with van der Waals surface area (Å²) >= 11 is 12.7. The van der Waals surface area contributed by atoms with E-state index in [1.54, 1.807) is 12.4 Å². The number of hydrogen-bond acceptors (Lipinski definition) is 22. The van der Waals surface area contributed by atoms with Crippen LogP contribution in [0.1, 0.15) is 98.5 Å². The third kappa shape index (κ3) is 19.3. The minimum absolute atomic E-state index is 0.607. The van der Waals surface area contributed by atoms with E-state index >= 15 is 0 Å². The van der Waals surface area contributed by atoms with Crippen LogP contribution < -0.4 is 0 Å². The largest absolute Gasteiger partial charge is 0.302 e. The van der Waals surface area contributed by atoms with Crippen molar-refractivity contribution in [3.8, 4) is 102 Å². The molecule has 0 spiro atoms. The fraction of sp³-hybridized carbons (Fsp3) is 0.272. The van der Waals surface area contributed by atoms with Gasteiger partial charge in [-0.15, -0.1) is 0 Å². The fourth-order valence-electron chi connectivity index (χ4n) is 16.3. The van der Waals surface area contributed by atoms with Crippen LogP contribution in [0.4, 0.5) is 0 Å². The van der Waals surface area contributed by atoms with Gasteiger partial charge in [-0.3, -0.25) is 70.8 Å². The number of fused-ring (bicyclic) bond motifs is 5. The molecule has 22 rings (SSSR count). The van der Waals surface area contributed by atoms with Gasteiger partial charge < -0.3 is 14.7 Å². The molecular weight excluding hydrogens is 1620 g/mol. The minimum Gasteiger partial charge on any atom is -0.302 e. The molecule has 638 valence electrons. The van der Waals surface area contributed by atoms with Crippen LogP contribution >= 0.6 is 23.2 Å². The number of likely N-dealkylation sites (tertiary alicyclic amines) is 2. The molecule has 12 aromatic heterocycles. The Labute approximate surface area is 735 Å². The number of hydrogen-bond donors (Lipinski definition) is 10. The van der Waals surface area contributed by atoms with Crippen molar-refractivity contribution in [2.75, 3.05) is 68.5 Å². The van der Waals surface area contributed by atoms with E-state index in [4.69, 9.17) is 28.2 Å². The molecule has 2 aliphatic heterocycles. The van der Waals surface area contributed by atoms with Gasteiger partial charge in [0.2, 0.25) is 0 Å².